The van der Waals surface area contributed by atoms with Crippen LogP contribution in [0.3, 0.4) is 0 Å². The molecule has 1 heterocycles. The first kappa shape index (κ1) is 21.6. The Labute approximate surface area is 170 Å². The van der Waals surface area contributed by atoms with E-state index in [4.69, 9.17) is 9.47 Å². The van der Waals surface area contributed by atoms with Gasteiger partial charge in [-0.25, -0.2) is 4.99 Å². The highest BCUT2D eigenvalue weighted by Crippen LogP contribution is 2.30. The maximum atomic E-state index is 5.55. The molecule has 1 aromatic heterocycles. The van der Waals surface area contributed by atoms with Crippen molar-refractivity contribution in [2.24, 2.45) is 4.99 Å². The molecular weight excluding hydrogens is 449 g/mol. The Kier molecular flexibility index (Phi) is 9.66. The fourth-order valence-corrected chi connectivity index (χ4v) is 3.01. The van der Waals surface area contributed by atoms with E-state index in [2.05, 4.69) is 34.7 Å². The van der Waals surface area contributed by atoms with Crippen molar-refractivity contribution in [3.63, 3.8) is 0 Å². The average molecular weight is 475 g/mol. The topological polar surface area (TPSA) is 54.9 Å². The lowest BCUT2D eigenvalue weighted by Gasteiger charge is -2.14. The van der Waals surface area contributed by atoms with Crippen LogP contribution < -0.4 is 20.1 Å². The fourth-order valence-electron chi connectivity index (χ4n) is 2.19. The van der Waals surface area contributed by atoms with Crippen molar-refractivity contribution in [1.82, 2.24) is 5.32 Å². The van der Waals surface area contributed by atoms with E-state index in [9.17, 15) is 0 Å². The van der Waals surface area contributed by atoms with Crippen LogP contribution in [0.5, 0.6) is 11.5 Å². The van der Waals surface area contributed by atoms with Gasteiger partial charge in [-0.15, -0.1) is 35.3 Å². The molecule has 0 aliphatic heterocycles. The Hall–Kier alpha value is -1.48. The monoisotopic (exact) mass is 475 g/mol. The van der Waals surface area contributed by atoms with Gasteiger partial charge >= 0.3 is 0 Å². The second kappa shape index (κ2) is 11.2. The number of nitrogens with zero attached hydrogens (tertiary/aromatic N) is 1. The minimum Gasteiger partial charge on any atom is -0.493 e. The summed E-state index contributed by atoms with van der Waals surface area (Å²) in [6, 6.07) is 10.00. The molecule has 1 aromatic carbocycles. The van der Waals surface area contributed by atoms with Crippen LogP contribution in [0, 0.1) is 6.92 Å². The summed E-state index contributed by atoms with van der Waals surface area (Å²) < 4.78 is 10.9. The van der Waals surface area contributed by atoms with Crippen molar-refractivity contribution in [3.05, 3.63) is 40.1 Å². The van der Waals surface area contributed by atoms with E-state index in [1.165, 1.54) is 9.75 Å². The molecule has 7 heteroatoms. The average Bonchev–Trinajstić information content (AvgIpc) is 3.00. The van der Waals surface area contributed by atoms with E-state index in [0.29, 0.717) is 18.9 Å². The Morgan fingerprint density at radius 3 is 2.56 bits per heavy atom. The van der Waals surface area contributed by atoms with E-state index in [1.54, 1.807) is 18.4 Å². The van der Waals surface area contributed by atoms with Crippen molar-refractivity contribution < 1.29 is 9.47 Å². The number of thiophene rings is 1. The number of ether oxygens (including phenoxy) is 2. The number of hydrogen-bond donors (Lipinski definition) is 2. The number of anilines is 1. The van der Waals surface area contributed by atoms with Crippen LogP contribution in [0.1, 0.15) is 23.6 Å². The number of aliphatic imine (C=N–C) groups is 1. The lowest BCUT2D eigenvalue weighted by Crippen LogP contribution is -2.30. The van der Waals surface area contributed by atoms with Crippen LogP contribution in [-0.4, -0.2) is 26.2 Å². The number of rotatable bonds is 7. The zero-order chi connectivity index (χ0) is 17.4. The van der Waals surface area contributed by atoms with Crippen LogP contribution >= 0.6 is 35.3 Å². The molecule has 138 valence electrons. The molecule has 0 atom stereocenters. The molecule has 25 heavy (non-hydrogen) atoms. The van der Waals surface area contributed by atoms with Crippen molar-refractivity contribution in [3.8, 4) is 11.5 Å². The fraction of sp³-hybridized carbons (Fsp3) is 0.389. The molecule has 0 radical (unpaired) electrons. The van der Waals surface area contributed by atoms with E-state index in [1.807, 2.05) is 32.0 Å². The predicted molar refractivity (Wildman–Crippen MR) is 117 cm³/mol. The molecule has 5 nitrogen and oxygen atoms in total. The standard InChI is InChI=1S/C18H25N3O2S.HI/c1-5-19-18(20-12-15-9-7-13(3)24-15)21-14-8-10-16(23-6-2)17(11-14)22-4;/h7-11H,5-6,12H2,1-4H3,(H2,19,20,21);1H. The molecule has 0 spiro atoms. The van der Waals surface area contributed by atoms with Gasteiger partial charge in [-0.2, -0.15) is 0 Å². The highest BCUT2D eigenvalue weighted by Gasteiger charge is 2.07. The van der Waals surface area contributed by atoms with Crippen LogP contribution in [0.4, 0.5) is 5.69 Å². The third-order valence-corrected chi connectivity index (χ3v) is 4.24. The first-order chi connectivity index (χ1) is 11.7. The van der Waals surface area contributed by atoms with Gasteiger partial charge in [0, 0.05) is 28.1 Å². The quantitative estimate of drug-likeness (QED) is 0.348. The summed E-state index contributed by atoms with van der Waals surface area (Å²) in [6.45, 7) is 8.16. The first-order valence-electron chi connectivity index (χ1n) is 8.07. The Morgan fingerprint density at radius 2 is 1.96 bits per heavy atom. The molecule has 0 aliphatic rings. The van der Waals surface area contributed by atoms with E-state index in [-0.39, 0.29) is 24.0 Å². The maximum absolute atomic E-state index is 5.55. The van der Waals surface area contributed by atoms with Gasteiger partial charge in [-0.1, -0.05) is 0 Å². The highest BCUT2D eigenvalue weighted by molar-refractivity contribution is 14.0. The highest BCUT2D eigenvalue weighted by atomic mass is 127. The molecule has 0 fully saturated rings. The summed E-state index contributed by atoms with van der Waals surface area (Å²) in [5, 5.41) is 6.57. The normalized spacial score (nSPS) is 10.8. The number of guanidine groups is 1. The minimum atomic E-state index is 0. The molecule has 0 saturated carbocycles. The molecule has 2 aromatic rings. The van der Waals surface area contributed by atoms with Gasteiger partial charge in [0.05, 0.1) is 20.3 Å². The molecule has 0 bridgehead atoms. The molecule has 0 amide bonds. The minimum absolute atomic E-state index is 0. The van der Waals surface area contributed by atoms with E-state index >= 15 is 0 Å². The largest absolute Gasteiger partial charge is 0.493 e. The van der Waals surface area contributed by atoms with Gasteiger partial charge < -0.3 is 20.1 Å². The Morgan fingerprint density at radius 1 is 1.16 bits per heavy atom. The third-order valence-electron chi connectivity index (χ3n) is 3.26. The van der Waals surface area contributed by atoms with Gasteiger partial charge in [0.15, 0.2) is 17.5 Å². The zero-order valence-corrected chi connectivity index (χ0v) is 18.2. The Bertz CT molecular complexity index is 689. The molecule has 0 saturated heterocycles. The zero-order valence-electron chi connectivity index (χ0n) is 15.1. The lowest BCUT2D eigenvalue weighted by molar-refractivity contribution is 0.311. The molecular formula is C18H26IN3O2S. The van der Waals surface area contributed by atoms with E-state index < -0.39 is 0 Å². The number of nitrogens with one attached hydrogen (secondary N) is 2. The summed E-state index contributed by atoms with van der Waals surface area (Å²) in [4.78, 5) is 7.18. The summed E-state index contributed by atoms with van der Waals surface area (Å²) in [5.74, 6) is 2.18. The first-order valence-corrected chi connectivity index (χ1v) is 8.89. The second-order valence-electron chi connectivity index (χ2n) is 5.13. The lowest BCUT2D eigenvalue weighted by atomic mass is 10.2. The van der Waals surface area contributed by atoms with Crippen molar-refractivity contribution in [2.75, 3.05) is 25.6 Å². The van der Waals surface area contributed by atoms with Crippen molar-refractivity contribution >= 4 is 47.0 Å². The Balaban J connectivity index is 0.00000312. The number of halogens is 1. The van der Waals surface area contributed by atoms with Crippen LogP contribution in [-0.2, 0) is 6.54 Å². The smallest absolute Gasteiger partial charge is 0.196 e. The van der Waals surface area contributed by atoms with Crippen LogP contribution in [0.2, 0.25) is 0 Å². The third kappa shape index (κ3) is 6.74. The van der Waals surface area contributed by atoms with Crippen molar-refractivity contribution in [1.29, 1.82) is 0 Å². The van der Waals surface area contributed by atoms with Gasteiger partial charge in [0.25, 0.3) is 0 Å². The van der Waals surface area contributed by atoms with E-state index in [0.717, 1.165) is 23.9 Å². The van der Waals surface area contributed by atoms with Crippen LogP contribution in [0.25, 0.3) is 0 Å². The maximum Gasteiger partial charge on any atom is 0.196 e. The van der Waals surface area contributed by atoms with Gasteiger partial charge in [-0.05, 0) is 45.0 Å². The number of aryl methyl sites for hydroxylation is 1. The van der Waals surface area contributed by atoms with Crippen LogP contribution in [0.15, 0.2) is 35.3 Å². The summed E-state index contributed by atoms with van der Waals surface area (Å²) in [7, 11) is 1.64. The van der Waals surface area contributed by atoms with Gasteiger partial charge in [0.1, 0.15) is 0 Å². The summed E-state index contributed by atoms with van der Waals surface area (Å²) in [5.41, 5.74) is 0.900. The predicted octanol–water partition coefficient (Wildman–Crippen LogP) is 4.66. The van der Waals surface area contributed by atoms with Gasteiger partial charge in [-0.3, -0.25) is 0 Å². The summed E-state index contributed by atoms with van der Waals surface area (Å²) >= 11 is 1.77. The molecule has 2 N–H and O–H groups in total. The summed E-state index contributed by atoms with van der Waals surface area (Å²) in [6.07, 6.45) is 0. The van der Waals surface area contributed by atoms with Crippen molar-refractivity contribution in [2.45, 2.75) is 27.3 Å². The van der Waals surface area contributed by atoms with Gasteiger partial charge in [0.2, 0.25) is 0 Å². The number of methoxy groups -OCH3 is 1. The SMILES string of the molecule is CCNC(=NCc1ccc(C)s1)Nc1ccc(OCC)c(OC)c1.I. The number of benzene rings is 1. The second-order valence-corrected chi connectivity index (χ2v) is 6.50. The molecule has 0 unspecified atom stereocenters. The molecule has 0 aliphatic carbocycles. The molecule has 2 rings (SSSR count). The number of hydrogen-bond acceptors (Lipinski definition) is 4.